The van der Waals surface area contributed by atoms with Crippen molar-refractivity contribution in [2.75, 3.05) is 19.0 Å². The maximum absolute atomic E-state index is 6.13. The summed E-state index contributed by atoms with van der Waals surface area (Å²) in [7, 11) is 17.3. The molecule has 0 aliphatic heterocycles. The third-order valence-electron chi connectivity index (χ3n) is 6.85. The first-order chi connectivity index (χ1) is 18.0. The maximum atomic E-state index is 6.13. The summed E-state index contributed by atoms with van der Waals surface area (Å²) in [5, 5.41) is 0. The topological polar surface area (TPSA) is 6.25 Å². The minimum atomic E-state index is -0.408. The zero-order valence-corrected chi connectivity index (χ0v) is 23.5. The largest absolute Gasteiger partial charge is 0.351 e. The first-order valence-corrected chi connectivity index (χ1v) is 12.8. The molecule has 0 saturated heterocycles. The highest BCUT2D eigenvalue weighted by atomic mass is 15.1. The van der Waals surface area contributed by atoms with E-state index >= 15 is 0 Å². The number of hydrogen-bond acceptors (Lipinski definition) is 1. The van der Waals surface area contributed by atoms with Gasteiger partial charge in [-0.25, -0.2) is 0 Å². The van der Waals surface area contributed by atoms with Crippen LogP contribution in [0.3, 0.4) is 0 Å². The summed E-state index contributed by atoms with van der Waals surface area (Å²) in [5.41, 5.74) is 9.02. The monoisotopic (exact) mass is 489 g/mol. The number of rotatable bonds is 7. The lowest BCUT2D eigenvalue weighted by Crippen LogP contribution is -2.39. The van der Waals surface area contributed by atoms with Crippen molar-refractivity contribution in [2.24, 2.45) is 5.41 Å². The zero-order valence-electron chi connectivity index (χ0n) is 23.5. The summed E-state index contributed by atoms with van der Waals surface area (Å²) in [4.78, 5) is 2.07. The number of terminal acetylenes is 1. The van der Waals surface area contributed by atoms with E-state index in [1.165, 1.54) is 29.3 Å². The Morgan fingerprint density at radius 1 is 1.16 bits per heavy atom. The summed E-state index contributed by atoms with van der Waals surface area (Å²) >= 11 is 0. The van der Waals surface area contributed by atoms with E-state index in [4.69, 9.17) is 21.9 Å². The average molecular weight is 489 g/mol. The molecule has 1 aliphatic rings. The maximum Gasteiger partial charge on any atom is 0.115 e. The smallest absolute Gasteiger partial charge is 0.115 e. The van der Waals surface area contributed by atoms with Crippen LogP contribution in [0.2, 0.25) is 0 Å². The molecule has 0 bridgehead atoms. The second-order valence-electron chi connectivity index (χ2n) is 10.7. The molecule has 2 aromatic rings. The lowest BCUT2D eigenvalue weighted by atomic mass is 9.03. The normalized spacial score (nSPS) is 15.9. The number of anilines is 1. The molecule has 0 spiro atoms. The summed E-state index contributed by atoms with van der Waals surface area (Å²) in [6.45, 7) is 8.49. The molecule has 0 heterocycles. The van der Waals surface area contributed by atoms with Gasteiger partial charge in [0.2, 0.25) is 0 Å². The fraction of sp³-hybridized carbons (Fsp3) is 0.281. The first-order valence-electron chi connectivity index (χ1n) is 12.8. The van der Waals surface area contributed by atoms with Crippen molar-refractivity contribution >= 4 is 52.1 Å². The molecule has 183 valence electrons. The third kappa shape index (κ3) is 7.76. The van der Waals surface area contributed by atoms with E-state index in [0.29, 0.717) is 0 Å². The molecule has 0 unspecified atom stereocenters. The number of allylic oxidation sites excluding steroid dienone is 5. The predicted molar refractivity (Wildman–Crippen MR) is 168 cm³/mol. The second-order valence-corrected chi connectivity index (χ2v) is 10.7. The van der Waals surface area contributed by atoms with Gasteiger partial charge >= 0.3 is 0 Å². The minimum absolute atomic E-state index is 0.161. The van der Waals surface area contributed by atoms with E-state index in [-0.39, 0.29) is 5.41 Å². The Balaban J connectivity index is 1.85. The Labute approximate surface area is 234 Å². The number of nitrogens with zero attached hydrogens (tertiary/aromatic N) is 2. The highest BCUT2D eigenvalue weighted by Crippen LogP contribution is 2.38. The van der Waals surface area contributed by atoms with Crippen molar-refractivity contribution < 1.29 is 4.58 Å². The van der Waals surface area contributed by atoms with Crippen LogP contribution in [0.4, 0.5) is 11.4 Å². The molecule has 2 nitrogen and oxygen atoms in total. The van der Waals surface area contributed by atoms with Crippen LogP contribution in [-0.4, -0.2) is 53.9 Å². The second kappa shape index (κ2) is 12.8. The van der Waals surface area contributed by atoms with E-state index in [2.05, 4.69) is 104 Å². The molecule has 0 atom stereocenters. The Morgan fingerprint density at radius 3 is 2.61 bits per heavy atom. The number of aryl methyl sites for hydroxylation is 2. The molecule has 0 fully saturated rings. The van der Waals surface area contributed by atoms with Crippen molar-refractivity contribution in [2.45, 2.75) is 40.5 Å². The van der Waals surface area contributed by atoms with Crippen molar-refractivity contribution in [1.29, 1.82) is 0 Å². The molecule has 6 heteroatoms. The summed E-state index contributed by atoms with van der Waals surface area (Å²) in [6.07, 6.45) is 19.5. The standard InChI is InChI=1S/C32H33B4N2/c1-8-9-10-28-21-30(13-14-31(28)36(34)35-33)38(7)18-16-27-20-26(22-32(4,5)23-27)15-17-37(6)29-12-11-24(2)25(3)19-29/h1,11-16,18-21H,22-23H2,2-7H3. The molecular weight excluding hydrogens is 456 g/mol. The van der Waals surface area contributed by atoms with Crippen LogP contribution < -0.4 is 10.4 Å². The fourth-order valence-corrected chi connectivity index (χ4v) is 4.56. The van der Waals surface area contributed by atoms with Crippen molar-refractivity contribution in [3.63, 3.8) is 0 Å². The van der Waals surface area contributed by atoms with Gasteiger partial charge in [0.25, 0.3) is 0 Å². The van der Waals surface area contributed by atoms with Gasteiger partial charge in [0.15, 0.2) is 0 Å². The van der Waals surface area contributed by atoms with Crippen LogP contribution in [-0.2, 0) is 0 Å². The van der Waals surface area contributed by atoms with E-state index in [1.54, 1.807) is 0 Å². The van der Waals surface area contributed by atoms with Crippen LogP contribution >= 0.6 is 0 Å². The van der Waals surface area contributed by atoms with Crippen LogP contribution in [0.15, 0.2) is 72.0 Å². The SMILES string of the molecule is [B][B]B([B])c1ccc(N(C)C=CC2=CC(=C[C-]=[N+](C)c3ccc(C)c(C)c3)CC(C)(C)C2)cc1C#CC#C. The fourth-order valence-electron chi connectivity index (χ4n) is 4.56. The molecule has 38 heavy (non-hydrogen) atoms. The van der Waals surface area contributed by atoms with Gasteiger partial charge in [-0.2, -0.15) is 0 Å². The highest BCUT2D eigenvalue weighted by Gasteiger charge is 2.22. The van der Waals surface area contributed by atoms with E-state index in [9.17, 15) is 0 Å². The molecule has 3 rings (SSSR count). The minimum Gasteiger partial charge on any atom is -0.351 e. The third-order valence-corrected chi connectivity index (χ3v) is 6.85. The van der Waals surface area contributed by atoms with E-state index in [0.717, 1.165) is 35.2 Å². The quantitative estimate of drug-likeness (QED) is 0.183. The van der Waals surface area contributed by atoms with Gasteiger partial charge < -0.3 is 9.48 Å². The molecule has 0 saturated carbocycles. The van der Waals surface area contributed by atoms with Gasteiger partial charge in [0, 0.05) is 47.0 Å². The Bertz CT molecular complexity index is 1410. The summed E-state index contributed by atoms with van der Waals surface area (Å²) in [6, 6.07) is 12.4. The zero-order chi connectivity index (χ0) is 27.9. The summed E-state index contributed by atoms with van der Waals surface area (Å²) in [5.74, 6) is 8.07. The Hall–Kier alpha value is -3.49. The van der Waals surface area contributed by atoms with Gasteiger partial charge in [-0.3, -0.25) is 0 Å². The van der Waals surface area contributed by atoms with Gasteiger partial charge in [-0.05, 0) is 73.4 Å². The average Bonchev–Trinajstić information content (AvgIpc) is 2.89. The molecule has 0 amide bonds. The molecule has 2 aromatic carbocycles. The van der Waals surface area contributed by atoms with Gasteiger partial charge in [-0.1, -0.05) is 54.9 Å². The lowest BCUT2D eigenvalue weighted by molar-refractivity contribution is -0.398. The summed E-state index contributed by atoms with van der Waals surface area (Å²) < 4.78 is 2.05. The van der Waals surface area contributed by atoms with Crippen LogP contribution in [0, 0.1) is 43.4 Å². The van der Waals surface area contributed by atoms with E-state index < -0.39 is 6.49 Å². The number of hydrogen-bond donors (Lipinski definition) is 0. The van der Waals surface area contributed by atoms with Gasteiger partial charge in [-0.15, -0.1) is 24.1 Å². The first kappa shape index (κ1) is 29.1. The Morgan fingerprint density at radius 2 is 1.92 bits per heavy atom. The molecule has 5 radical (unpaired) electrons. The van der Waals surface area contributed by atoms with Gasteiger partial charge in [0.05, 0.1) is 6.49 Å². The Kier molecular flexibility index (Phi) is 9.83. The van der Waals surface area contributed by atoms with Crippen molar-refractivity contribution in [3.05, 3.63) is 88.7 Å². The van der Waals surface area contributed by atoms with Crippen molar-refractivity contribution in [3.8, 4) is 24.2 Å². The lowest BCUT2D eigenvalue weighted by Gasteiger charge is -2.33. The predicted octanol–water partition coefficient (Wildman–Crippen LogP) is 4.48. The van der Waals surface area contributed by atoms with Crippen LogP contribution in [0.1, 0.15) is 43.4 Å². The van der Waals surface area contributed by atoms with Crippen molar-refractivity contribution in [1.82, 2.24) is 0 Å². The highest BCUT2D eigenvalue weighted by molar-refractivity contribution is 7.50. The van der Waals surface area contributed by atoms with Crippen LogP contribution in [0.5, 0.6) is 0 Å². The molecule has 0 N–H and O–H groups in total. The number of benzene rings is 2. The van der Waals surface area contributed by atoms with Crippen LogP contribution in [0.25, 0.3) is 0 Å². The molecule has 1 aliphatic carbocycles. The molecule has 0 aromatic heterocycles. The van der Waals surface area contributed by atoms with E-state index in [1.807, 2.05) is 32.3 Å². The van der Waals surface area contributed by atoms with Gasteiger partial charge in [0.1, 0.15) is 18.9 Å². The molecular formula is C32H33B4N2.